The lowest BCUT2D eigenvalue weighted by Gasteiger charge is -2.12. The summed E-state index contributed by atoms with van der Waals surface area (Å²) < 4.78 is 19.0. The van der Waals surface area contributed by atoms with Gasteiger partial charge in [-0.05, 0) is 46.7 Å². The molecule has 4 rings (SSSR count). The van der Waals surface area contributed by atoms with Gasteiger partial charge < -0.3 is 10.1 Å². The van der Waals surface area contributed by atoms with Crippen molar-refractivity contribution in [3.05, 3.63) is 108 Å². The van der Waals surface area contributed by atoms with Crippen LogP contribution in [0.25, 0.3) is 10.8 Å². The van der Waals surface area contributed by atoms with Crippen molar-refractivity contribution in [2.75, 3.05) is 5.32 Å². The van der Waals surface area contributed by atoms with Gasteiger partial charge in [0, 0.05) is 11.3 Å². The van der Waals surface area contributed by atoms with Crippen molar-refractivity contribution in [2.45, 2.75) is 13.0 Å². The molecule has 0 unspecified atom stereocenters. The van der Waals surface area contributed by atoms with E-state index in [0.717, 1.165) is 16.3 Å². The molecule has 0 spiro atoms. The lowest BCUT2D eigenvalue weighted by atomic mass is 10.0. The molecule has 0 aliphatic carbocycles. The van der Waals surface area contributed by atoms with Gasteiger partial charge in [-0.3, -0.25) is 9.59 Å². The number of carbonyl (C=O) groups excluding carboxylic acids is 2. The molecule has 2 N–H and O–H groups in total. The second kappa shape index (κ2) is 10.9. The first-order valence-corrected chi connectivity index (χ1v) is 10.6. The van der Waals surface area contributed by atoms with Crippen LogP contribution in [0.4, 0.5) is 10.1 Å². The zero-order valence-corrected chi connectivity index (χ0v) is 18.2. The Bertz CT molecular complexity index is 1320. The van der Waals surface area contributed by atoms with Gasteiger partial charge in [-0.2, -0.15) is 5.10 Å². The molecule has 4 aromatic rings. The van der Waals surface area contributed by atoms with E-state index in [9.17, 15) is 14.0 Å². The van der Waals surface area contributed by atoms with Crippen molar-refractivity contribution in [1.82, 2.24) is 5.43 Å². The maximum atomic E-state index is 13.0. The number of nitrogens with zero attached hydrogens (tertiary/aromatic N) is 1. The SMILES string of the molecule is O=C(CC(=O)Nc1ccc(F)cc1)NN=Cc1c(OCc2ccccc2)ccc2ccccc12. The molecule has 0 saturated carbocycles. The Morgan fingerprint density at radius 2 is 1.59 bits per heavy atom. The number of hydrogen-bond acceptors (Lipinski definition) is 4. The van der Waals surface area contributed by atoms with Crippen LogP contribution in [0.3, 0.4) is 0 Å². The predicted molar refractivity (Wildman–Crippen MR) is 130 cm³/mol. The third kappa shape index (κ3) is 6.04. The average molecular weight is 455 g/mol. The van der Waals surface area contributed by atoms with Crippen LogP contribution in [0.15, 0.2) is 96.1 Å². The summed E-state index contributed by atoms with van der Waals surface area (Å²) in [4.78, 5) is 24.2. The van der Waals surface area contributed by atoms with Crippen LogP contribution in [0, 0.1) is 5.82 Å². The summed E-state index contributed by atoms with van der Waals surface area (Å²) in [6.07, 6.45) is 1.08. The fourth-order valence-corrected chi connectivity index (χ4v) is 3.36. The molecular formula is C27H22FN3O3. The van der Waals surface area contributed by atoms with Crippen molar-refractivity contribution < 1.29 is 18.7 Å². The number of nitrogens with one attached hydrogen (secondary N) is 2. The number of rotatable bonds is 8. The monoisotopic (exact) mass is 455 g/mol. The van der Waals surface area contributed by atoms with Crippen molar-refractivity contribution in [3.63, 3.8) is 0 Å². The number of halogens is 1. The second-order valence-corrected chi connectivity index (χ2v) is 7.50. The third-order valence-electron chi connectivity index (χ3n) is 5.00. The Labute approximate surface area is 196 Å². The van der Waals surface area contributed by atoms with E-state index in [1.807, 2.05) is 66.7 Å². The lowest BCUT2D eigenvalue weighted by Crippen LogP contribution is -2.24. The molecule has 4 aromatic carbocycles. The van der Waals surface area contributed by atoms with Crippen molar-refractivity contribution >= 4 is 34.5 Å². The standard InChI is InChI=1S/C27H22FN3O3/c28-21-11-13-22(14-12-21)30-26(32)16-27(33)31-29-17-24-23-9-5-4-8-20(23)10-15-25(24)34-18-19-6-2-1-3-7-19/h1-15,17H,16,18H2,(H,30,32)(H,31,33). The molecule has 6 nitrogen and oxygen atoms in total. The fraction of sp³-hybridized carbons (Fsp3) is 0.0741. The molecular weight excluding hydrogens is 433 g/mol. The van der Waals surface area contributed by atoms with E-state index in [1.165, 1.54) is 30.5 Å². The van der Waals surface area contributed by atoms with E-state index in [2.05, 4.69) is 15.8 Å². The topological polar surface area (TPSA) is 79.8 Å². The number of anilines is 1. The molecule has 0 aliphatic rings. The number of amides is 2. The van der Waals surface area contributed by atoms with E-state index in [-0.39, 0.29) is 0 Å². The molecule has 0 aliphatic heterocycles. The first-order valence-electron chi connectivity index (χ1n) is 10.6. The highest BCUT2D eigenvalue weighted by Crippen LogP contribution is 2.27. The van der Waals surface area contributed by atoms with Gasteiger partial charge in [0.25, 0.3) is 0 Å². The number of benzene rings is 4. The lowest BCUT2D eigenvalue weighted by molar-refractivity contribution is -0.126. The quantitative estimate of drug-likeness (QED) is 0.222. The van der Waals surface area contributed by atoms with Gasteiger partial charge in [0.1, 0.15) is 24.6 Å². The summed E-state index contributed by atoms with van der Waals surface area (Å²) in [5, 5.41) is 8.50. The molecule has 0 heterocycles. The minimum absolute atomic E-state index is 0.385. The smallest absolute Gasteiger partial charge is 0.249 e. The molecule has 0 bridgehead atoms. The van der Waals surface area contributed by atoms with Crippen LogP contribution in [-0.4, -0.2) is 18.0 Å². The summed E-state index contributed by atoms with van der Waals surface area (Å²) in [6, 6.07) is 26.7. The summed E-state index contributed by atoms with van der Waals surface area (Å²) >= 11 is 0. The molecule has 0 radical (unpaired) electrons. The Morgan fingerprint density at radius 1 is 0.853 bits per heavy atom. The Morgan fingerprint density at radius 3 is 2.38 bits per heavy atom. The minimum atomic E-state index is -0.581. The van der Waals surface area contributed by atoms with Gasteiger partial charge in [0.2, 0.25) is 11.8 Å². The highest BCUT2D eigenvalue weighted by atomic mass is 19.1. The highest BCUT2D eigenvalue weighted by Gasteiger charge is 2.11. The Kier molecular flexibility index (Phi) is 7.25. The van der Waals surface area contributed by atoms with Crippen molar-refractivity contribution in [3.8, 4) is 5.75 Å². The number of carbonyl (C=O) groups is 2. The van der Waals surface area contributed by atoms with Gasteiger partial charge in [0.15, 0.2) is 0 Å². The van der Waals surface area contributed by atoms with Crippen molar-refractivity contribution in [2.24, 2.45) is 5.10 Å². The van der Waals surface area contributed by atoms with Crippen LogP contribution in [0.2, 0.25) is 0 Å². The highest BCUT2D eigenvalue weighted by molar-refractivity contribution is 6.05. The largest absolute Gasteiger partial charge is 0.488 e. The maximum absolute atomic E-state index is 13.0. The molecule has 2 amide bonds. The zero-order chi connectivity index (χ0) is 23.8. The number of hydrazone groups is 1. The maximum Gasteiger partial charge on any atom is 0.249 e. The summed E-state index contributed by atoms with van der Waals surface area (Å²) in [5.74, 6) is -0.903. The number of ether oxygens (including phenoxy) is 1. The van der Waals surface area contributed by atoms with Crippen LogP contribution < -0.4 is 15.5 Å². The Hall–Kier alpha value is -4.52. The van der Waals surface area contributed by atoms with Gasteiger partial charge in [0.05, 0.1) is 6.21 Å². The van der Waals surface area contributed by atoms with E-state index >= 15 is 0 Å². The van der Waals surface area contributed by atoms with Crippen LogP contribution in [0.5, 0.6) is 5.75 Å². The van der Waals surface area contributed by atoms with Gasteiger partial charge in [-0.25, -0.2) is 9.82 Å². The van der Waals surface area contributed by atoms with E-state index in [1.54, 1.807) is 0 Å². The number of fused-ring (bicyclic) bond motifs is 1. The minimum Gasteiger partial charge on any atom is -0.488 e. The third-order valence-corrected chi connectivity index (χ3v) is 5.00. The molecule has 0 aromatic heterocycles. The van der Waals surface area contributed by atoms with Crippen molar-refractivity contribution in [1.29, 1.82) is 0 Å². The summed E-state index contributed by atoms with van der Waals surface area (Å²) in [6.45, 7) is 0.385. The average Bonchev–Trinajstić information content (AvgIpc) is 2.85. The summed E-state index contributed by atoms with van der Waals surface area (Å²) in [7, 11) is 0. The molecule has 0 fully saturated rings. The zero-order valence-electron chi connectivity index (χ0n) is 18.2. The first kappa shape index (κ1) is 22.7. The molecule has 170 valence electrons. The second-order valence-electron chi connectivity index (χ2n) is 7.50. The fourth-order valence-electron chi connectivity index (χ4n) is 3.36. The van der Waals surface area contributed by atoms with Crippen LogP contribution >= 0.6 is 0 Å². The van der Waals surface area contributed by atoms with E-state index in [4.69, 9.17) is 4.74 Å². The molecule has 0 saturated heterocycles. The normalized spacial score (nSPS) is 10.9. The summed E-state index contributed by atoms with van der Waals surface area (Å²) in [5.41, 5.74) is 4.52. The molecule has 7 heteroatoms. The van der Waals surface area contributed by atoms with Crippen LogP contribution in [-0.2, 0) is 16.2 Å². The number of hydrogen-bond donors (Lipinski definition) is 2. The van der Waals surface area contributed by atoms with Gasteiger partial charge in [-0.15, -0.1) is 0 Å². The first-order chi connectivity index (χ1) is 16.6. The van der Waals surface area contributed by atoms with Gasteiger partial charge in [-0.1, -0.05) is 60.7 Å². The van der Waals surface area contributed by atoms with E-state index < -0.39 is 24.1 Å². The molecule has 0 atom stereocenters. The van der Waals surface area contributed by atoms with E-state index in [0.29, 0.717) is 23.6 Å². The predicted octanol–water partition coefficient (Wildman–Crippen LogP) is 5.04. The molecule has 34 heavy (non-hydrogen) atoms. The van der Waals surface area contributed by atoms with Crippen LogP contribution in [0.1, 0.15) is 17.5 Å². The Balaban J connectivity index is 1.43. The van der Waals surface area contributed by atoms with Gasteiger partial charge >= 0.3 is 0 Å².